The largest absolute Gasteiger partial charge is 0.356 e. The van der Waals surface area contributed by atoms with E-state index in [1.54, 1.807) is 6.20 Å². The highest BCUT2D eigenvalue weighted by Gasteiger charge is 2.21. The van der Waals surface area contributed by atoms with Gasteiger partial charge in [-0.3, -0.25) is 9.59 Å². The number of amides is 2. The molecule has 6 nitrogen and oxygen atoms in total. The van der Waals surface area contributed by atoms with Crippen LogP contribution in [-0.2, 0) is 9.59 Å². The highest BCUT2D eigenvalue weighted by Crippen LogP contribution is 2.13. The van der Waals surface area contributed by atoms with Gasteiger partial charge < -0.3 is 15.1 Å². The predicted molar refractivity (Wildman–Crippen MR) is 90.2 cm³/mol. The molecule has 0 unspecified atom stereocenters. The number of hydrogen-bond acceptors (Lipinski definition) is 4. The Hall–Kier alpha value is -2.11. The van der Waals surface area contributed by atoms with Crippen molar-refractivity contribution in [2.45, 2.75) is 32.6 Å². The van der Waals surface area contributed by atoms with Crippen LogP contribution < -0.4 is 10.2 Å². The van der Waals surface area contributed by atoms with Crippen LogP contribution in [0, 0.1) is 0 Å². The molecule has 0 aromatic carbocycles. The number of piperazine rings is 1. The third-order valence-electron chi connectivity index (χ3n) is 4.05. The summed E-state index contributed by atoms with van der Waals surface area (Å²) in [7, 11) is 0. The molecule has 1 fully saturated rings. The number of pyridine rings is 1. The fraction of sp³-hybridized carbons (Fsp3) is 0.588. The maximum absolute atomic E-state index is 12.2. The Labute approximate surface area is 137 Å². The SMILES string of the molecule is CC(=O)NCCCCCC(=O)N1CCN(c2ccccn2)CC1. The standard InChI is InChI=1S/C17H26N4O2/c1-15(22)18-9-5-2-3-8-17(23)21-13-11-20(12-14-21)16-7-4-6-10-19-16/h4,6-7,10H,2-3,5,8-9,11-14H2,1H3,(H,18,22). The minimum absolute atomic E-state index is 0.00635. The van der Waals surface area contributed by atoms with Crippen LogP contribution in [-0.4, -0.2) is 54.4 Å². The summed E-state index contributed by atoms with van der Waals surface area (Å²) >= 11 is 0. The molecule has 6 heteroatoms. The van der Waals surface area contributed by atoms with E-state index in [0.29, 0.717) is 13.0 Å². The Kier molecular flexibility index (Phi) is 6.84. The van der Waals surface area contributed by atoms with Gasteiger partial charge in [-0.05, 0) is 25.0 Å². The van der Waals surface area contributed by atoms with E-state index in [9.17, 15) is 9.59 Å². The lowest BCUT2D eigenvalue weighted by Crippen LogP contribution is -2.49. The second-order valence-electron chi connectivity index (χ2n) is 5.85. The predicted octanol–water partition coefficient (Wildman–Crippen LogP) is 1.43. The van der Waals surface area contributed by atoms with Crippen LogP contribution in [0.25, 0.3) is 0 Å². The van der Waals surface area contributed by atoms with Gasteiger partial charge in [-0.1, -0.05) is 12.5 Å². The maximum atomic E-state index is 12.2. The van der Waals surface area contributed by atoms with Gasteiger partial charge in [0, 0.05) is 52.3 Å². The molecule has 2 amide bonds. The van der Waals surface area contributed by atoms with Gasteiger partial charge in [-0.15, -0.1) is 0 Å². The van der Waals surface area contributed by atoms with Crippen molar-refractivity contribution in [3.63, 3.8) is 0 Å². The Bertz CT molecular complexity index is 499. The van der Waals surface area contributed by atoms with Gasteiger partial charge >= 0.3 is 0 Å². The van der Waals surface area contributed by atoms with Crippen LogP contribution in [0.4, 0.5) is 5.82 Å². The van der Waals surface area contributed by atoms with Gasteiger partial charge in [0.05, 0.1) is 0 Å². The second-order valence-corrected chi connectivity index (χ2v) is 5.85. The Balaban J connectivity index is 1.61. The molecule has 1 aromatic heterocycles. The lowest BCUT2D eigenvalue weighted by molar-refractivity contribution is -0.131. The van der Waals surface area contributed by atoms with Crippen molar-refractivity contribution < 1.29 is 9.59 Å². The zero-order valence-electron chi connectivity index (χ0n) is 13.8. The first-order valence-corrected chi connectivity index (χ1v) is 8.35. The molecule has 0 bridgehead atoms. The van der Waals surface area contributed by atoms with Crippen molar-refractivity contribution in [2.24, 2.45) is 0 Å². The number of anilines is 1. The van der Waals surface area contributed by atoms with E-state index in [4.69, 9.17) is 0 Å². The number of rotatable bonds is 7. The van der Waals surface area contributed by atoms with Gasteiger partial charge in [0.15, 0.2) is 0 Å². The monoisotopic (exact) mass is 318 g/mol. The summed E-state index contributed by atoms with van der Waals surface area (Å²) in [5.74, 6) is 1.23. The minimum Gasteiger partial charge on any atom is -0.356 e. The van der Waals surface area contributed by atoms with E-state index >= 15 is 0 Å². The van der Waals surface area contributed by atoms with Crippen LogP contribution >= 0.6 is 0 Å². The molecule has 23 heavy (non-hydrogen) atoms. The Morgan fingerprint density at radius 1 is 1.13 bits per heavy atom. The maximum Gasteiger partial charge on any atom is 0.222 e. The highest BCUT2D eigenvalue weighted by atomic mass is 16.2. The summed E-state index contributed by atoms with van der Waals surface area (Å²) in [5.41, 5.74) is 0. The quantitative estimate of drug-likeness (QED) is 0.772. The summed E-state index contributed by atoms with van der Waals surface area (Å²) in [4.78, 5) is 31.5. The zero-order chi connectivity index (χ0) is 16.5. The zero-order valence-corrected chi connectivity index (χ0v) is 13.8. The number of carbonyl (C=O) groups excluding carboxylic acids is 2. The van der Waals surface area contributed by atoms with E-state index in [0.717, 1.165) is 51.3 Å². The molecule has 1 saturated heterocycles. The van der Waals surface area contributed by atoms with Crippen molar-refractivity contribution in [3.05, 3.63) is 24.4 Å². The van der Waals surface area contributed by atoms with E-state index in [1.165, 1.54) is 6.92 Å². The van der Waals surface area contributed by atoms with Crippen LogP contribution in [0.3, 0.4) is 0 Å². The summed E-state index contributed by atoms with van der Waals surface area (Å²) in [6.45, 7) is 5.43. The first-order valence-electron chi connectivity index (χ1n) is 8.35. The van der Waals surface area contributed by atoms with Gasteiger partial charge in [-0.25, -0.2) is 4.98 Å². The summed E-state index contributed by atoms with van der Waals surface area (Å²) in [6, 6.07) is 5.91. The normalized spacial score (nSPS) is 14.7. The first-order chi connectivity index (χ1) is 11.2. The molecule has 2 rings (SSSR count). The van der Waals surface area contributed by atoms with E-state index in [1.807, 2.05) is 23.1 Å². The van der Waals surface area contributed by atoms with Crippen molar-refractivity contribution >= 4 is 17.6 Å². The molecule has 0 atom stereocenters. The average Bonchev–Trinajstić information content (AvgIpc) is 2.58. The van der Waals surface area contributed by atoms with Crippen LogP contribution in [0.5, 0.6) is 0 Å². The van der Waals surface area contributed by atoms with E-state index in [-0.39, 0.29) is 11.8 Å². The van der Waals surface area contributed by atoms with Crippen molar-refractivity contribution in [1.29, 1.82) is 0 Å². The molecule has 0 radical (unpaired) electrons. The summed E-state index contributed by atoms with van der Waals surface area (Å²) < 4.78 is 0. The third-order valence-corrected chi connectivity index (χ3v) is 4.05. The number of aromatic nitrogens is 1. The average molecular weight is 318 g/mol. The third kappa shape index (κ3) is 5.88. The minimum atomic E-state index is 0.00635. The number of unbranched alkanes of at least 4 members (excludes halogenated alkanes) is 2. The molecule has 1 N–H and O–H groups in total. The fourth-order valence-electron chi connectivity index (χ4n) is 2.73. The molecule has 1 aliphatic rings. The van der Waals surface area contributed by atoms with Crippen molar-refractivity contribution in [3.8, 4) is 0 Å². The first kappa shape index (κ1) is 17.2. The smallest absolute Gasteiger partial charge is 0.222 e. The number of nitrogens with zero attached hydrogens (tertiary/aromatic N) is 3. The molecule has 2 heterocycles. The fourth-order valence-corrected chi connectivity index (χ4v) is 2.73. The van der Waals surface area contributed by atoms with E-state index < -0.39 is 0 Å². The lowest BCUT2D eigenvalue weighted by atomic mass is 10.1. The molecular weight excluding hydrogens is 292 g/mol. The lowest BCUT2D eigenvalue weighted by Gasteiger charge is -2.35. The van der Waals surface area contributed by atoms with Gasteiger partial charge in [-0.2, -0.15) is 0 Å². The molecule has 0 saturated carbocycles. The van der Waals surface area contributed by atoms with Crippen LogP contribution in [0.1, 0.15) is 32.6 Å². The number of nitrogens with one attached hydrogen (secondary N) is 1. The Morgan fingerprint density at radius 3 is 2.57 bits per heavy atom. The molecule has 1 aliphatic heterocycles. The van der Waals surface area contributed by atoms with Crippen molar-refractivity contribution in [2.75, 3.05) is 37.6 Å². The highest BCUT2D eigenvalue weighted by molar-refractivity contribution is 5.76. The number of hydrogen-bond donors (Lipinski definition) is 1. The van der Waals surface area contributed by atoms with Gasteiger partial charge in [0.1, 0.15) is 5.82 Å². The summed E-state index contributed by atoms with van der Waals surface area (Å²) in [6.07, 6.45) is 5.19. The van der Waals surface area contributed by atoms with Gasteiger partial charge in [0.2, 0.25) is 11.8 Å². The summed E-state index contributed by atoms with van der Waals surface area (Å²) in [5, 5.41) is 2.77. The topological polar surface area (TPSA) is 65.5 Å². The molecular formula is C17H26N4O2. The number of carbonyl (C=O) groups is 2. The molecule has 0 aliphatic carbocycles. The molecule has 126 valence electrons. The van der Waals surface area contributed by atoms with Crippen molar-refractivity contribution in [1.82, 2.24) is 15.2 Å². The molecule has 1 aromatic rings. The van der Waals surface area contributed by atoms with Crippen LogP contribution in [0.15, 0.2) is 24.4 Å². The molecule has 0 spiro atoms. The van der Waals surface area contributed by atoms with Gasteiger partial charge in [0.25, 0.3) is 0 Å². The Morgan fingerprint density at radius 2 is 1.91 bits per heavy atom. The van der Waals surface area contributed by atoms with E-state index in [2.05, 4.69) is 15.2 Å². The second kappa shape index (κ2) is 9.12. The van der Waals surface area contributed by atoms with Crippen LogP contribution in [0.2, 0.25) is 0 Å².